The lowest BCUT2D eigenvalue weighted by molar-refractivity contribution is -0.416. The van der Waals surface area contributed by atoms with Crippen molar-refractivity contribution in [3.05, 3.63) is 59.7 Å². The monoisotopic (exact) mass is 1120 g/mol. The SMILES string of the molecule is CCC1(C)CC2(OCC(C)(COC(=O)CCCCCCC(=O)OCC3(C)COC4(CC(C)(CC)N(OC(C)c5ccc(OCC6CO6)cc5)C(C)(CC)C4C)OC3)CO2)C(C)C(C)(CC)N1OC(C)c1ccc(OCC2CO2)cc1. The molecule has 6 aliphatic rings. The fourth-order valence-electron chi connectivity index (χ4n) is 12.6. The van der Waals surface area contributed by atoms with Crippen molar-refractivity contribution in [1.29, 1.82) is 0 Å². The molecule has 6 fully saturated rings. The molecule has 0 saturated carbocycles. The van der Waals surface area contributed by atoms with Crippen LogP contribution in [0.25, 0.3) is 0 Å². The molecule has 2 spiro atoms. The van der Waals surface area contributed by atoms with Crippen LogP contribution >= 0.6 is 0 Å². The number of ether oxygens (including phenoxy) is 10. The van der Waals surface area contributed by atoms with Gasteiger partial charge in [-0.15, -0.1) is 0 Å². The predicted octanol–water partition coefficient (Wildman–Crippen LogP) is 12.2. The zero-order valence-corrected chi connectivity index (χ0v) is 51.2. The van der Waals surface area contributed by atoms with Gasteiger partial charge in [-0.05, 0) is 115 Å². The molecule has 6 saturated heterocycles. The van der Waals surface area contributed by atoms with E-state index in [-0.39, 0.29) is 72.5 Å². The minimum atomic E-state index is -0.821. The van der Waals surface area contributed by atoms with Crippen LogP contribution in [0.3, 0.4) is 0 Å². The molecule has 0 amide bonds. The summed E-state index contributed by atoms with van der Waals surface area (Å²) in [6, 6.07) is 16.3. The van der Waals surface area contributed by atoms with Crippen molar-refractivity contribution in [3.8, 4) is 11.5 Å². The van der Waals surface area contributed by atoms with Gasteiger partial charge in [-0.25, -0.2) is 0 Å². The summed E-state index contributed by atoms with van der Waals surface area (Å²) in [6.45, 7) is 35.4. The van der Waals surface area contributed by atoms with Crippen LogP contribution in [-0.4, -0.2) is 134 Å². The Morgan fingerprint density at radius 2 is 0.875 bits per heavy atom. The highest BCUT2D eigenvalue weighted by molar-refractivity contribution is 5.69. The van der Waals surface area contributed by atoms with Crippen LogP contribution < -0.4 is 9.47 Å². The predicted molar refractivity (Wildman–Crippen MR) is 303 cm³/mol. The zero-order valence-electron chi connectivity index (χ0n) is 51.2. The first-order chi connectivity index (χ1) is 37.9. The number of unbranched alkanes of at least 4 members (excludes halogenated alkanes) is 3. The van der Waals surface area contributed by atoms with Crippen LogP contribution in [0.15, 0.2) is 48.5 Å². The molecule has 10 unspecified atom stereocenters. The van der Waals surface area contributed by atoms with Crippen molar-refractivity contribution in [3.63, 3.8) is 0 Å². The second-order valence-corrected chi connectivity index (χ2v) is 26.3. The number of hydrogen-bond donors (Lipinski definition) is 0. The van der Waals surface area contributed by atoms with Gasteiger partial charge in [0, 0.05) is 59.4 Å². The number of nitrogens with zero attached hydrogens (tertiary/aromatic N) is 2. The summed E-state index contributed by atoms with van der Waals surface area (Å²) in [5, 5.41) is 4.50. The Labute approximate surface area is 479 Å². The maximum absolute atomic E-state index is 13.0. The standard InChI is InChI=1S/C64H100N2O14/c1-15-59(11)37-63(47(7)61(13,17-3)65(59)79-45(5)49-25-29-51(30-26-49)69-33-53-35-71-53)75-41-57(9,42-76-63)39-73-55(67)23-21-19-20-22-24-56(68)74-40-58(10)43-77-64(78-44-58)38-60(12,16-2)66(62(14,18-4)48(64)8)80-46(6)50-27-31-52(32-28-50)70-34-54-36-72-54/h25-32,45-48,53-54H,15-24,33-44H2,1-14H3. The van der Waals surface area contributed by atoms with Crippen LogP contribution in [0.2, 0.25) is 0 Å². The van der Waals surface area contributed by atoms with E-state index in [1.807, 2.05) is 24.3 Å². The molecule has 450 valence electrons. The molecule has 2 aromatic rings. The van der Waals surface area contributed by atoms with E-state index in [4.69, 9.17) is 57.0 Å². The molecule has 0 bridgehead atoms. The normalized spacial score (nSPS) is 37.0. The number of hydroxylamine groups is 4. The summed E-state index contributed by atoms with van der Waals surface area (Å²) in [4.78, 5) is 40.0. The number of rotatable bonds is 27. The molecule has 16 heteroatoms. The number of benzene rings is 2. The quantitative estimate of drug-likeness (QED) is 0.0472. The Bertz CT molecular complexity index is 2170. The Kier molecular flexibility index (Phi) is 19.9. The summed E-state index contributed by atoms with van der Waals surface area (Å²) in [5.41, 5.74) is -0.412. The lowest BCUT2D eigenvalue weighted by Gasteiger charge is -2.64. The highest BCUT2D eigenvalue weighted by atomic mass is 16.7. The minimum Gasteiger partial charge on any atom is -0.491 e. The molecule has 0 aliphatic carbocycles. The molecule has 0 N–H and O–H groups in total. The van der Waals surface area contributed by atoms with Crippen LogP contribution in [0, 0.1) is 22.7 Å². The highest BCUT2D eigenvalue weighted by Gasteiger charge is 2.65. The summed E-state index contributed by atoms with van der Waals surface area (Å²) in [6.07, 6.45) is 8.23. The Balaban J connectivity index is 0.723. The molecule has 6 aliphatic heterocycles. The third kappa shape index (κ3) is 14.0. The van der Waals surface area contributed by atoms with Gasteiger partial charge in [0.25, 0.3) is 0 Å². The van der Waals surface area contributed by atoms with E-state index in [9.17, 15) is 9.59 Å². The smallest absolute Gasteiger partial charge is 0.305 e. The zero-order chi connectivity index (χ0) is 57.8. The van der Waals surface area contributed by atoms with Crippen molar-refractivity contribution in [2.45, 2.75) is 232 Å². The van der Waals surface area contributed by atoms with Gasteiger partial charge >= 0.3 is 11.9 Å². The molecule has 10 atom stereocenters. The molecule has 2 aromatic carbocycles. The molecule has 0 aromatic heterocycles. The lowest BCUT2D eigenvalue weighted by Crippen LogP contribution is -2.74. The Morgan fingerprint density at radius 1 is 0.537 bits per heavy atom. The van der Waals surface area contributed by atoms with E-state index < -0.39 is 33.5 Å². The Hall–Kier alpha value is -3.42. The molecule has 0 radical (unpaired) electrons. The van der Waals surface area contributed by atoms with Crippen molar-refractivity contribution >= 4 is 11.9 Å². The van der Waals surface area contributed by atoms with E-state index in [1.54, 1.807) is 0 Å². The number of carbonyl (C=O) groups is 2. The average Bonchev–Trinajstić information content (AvgIpc) is 4.51. The van der Waals surface area contributed by atoms with Gasteiger partial charge in [-0.1, -0.05) is 92.5 Å². The molecule has 8 rings (SSSR count). The van der Waals surface area contributed by atoms with Gasteiger partial charge in [0.05, 0.1) is 50.7 Å². The third-order valence-corrected chi connectivity index (χ3v) is 19.5. The fourth-order valence-corrected chi connectivity index (χ4v) is 12.6. The van der Waals surface area contributed by atoms with Gasteiger partial charge in [0.2, 0.25) is 0 Å². The fraction of sp³-hybridized carbons (Fsp3) is 0.781. The summed E-state index contributed by atoms with van der Waals surface area (Å²) in [7, 11) is 0. The lowest BCUT2D eigenvalue weighted by atomic mass is 9.67. The highest BCUT2D eigenvalue weighted by Crippen LogP contribution is 2.57. The van der Waals surface area contributed by atoms with Crippen molar-refractivity contribution in [1.82, 2.24) is 10.1 Å². The van der Waals surface area contributed by atoms with Gasteiger partial charge < -0.3 is 47.4 Å². The first kappa shape index (κ1) is 62.6. The molecular formula is C64H100N2O14. The molecular weight excluding hydrogens is 1020 g/mol. The van der Waals surface area contributed by atoms with E-state index >= 15 is 0 Å². The van der Waals surface area contributed by atoms with Gasteiger partial charge in [0.1, 0.15) is 62.3 Å². The van der Waals surface area contributed by atoms with Crippen molar-refractivity contribution in [2.75, 3.05) is 66.1 Å². The first-order valence-electron chi connectivity index (χ1n) is 30.4. The largest absolute Gasteiger partial charge is 0.491 e. The second kappa shape index (κ2) is 25.4. The maximum Gasteiger partial charge on any atom is 0.305 e. The third-order valence-electron chi connectivity index (χ3n) is 19.5. The molecule has 80 heavy (non-hydrogen) atoms. The number of epoxide rings is 2. The van der Waals surface area contributed by atoms with E-state index in [0.29, 0.717) is 78.2 Å². The van der Waals surface area contributed by atoms with Crippen LogP contribution in [0.4, 0.5) is 0 Å². The summed E-state index contributed by atoms with van der Waals surface area (Å²) < 4.78 is 61.5. The minimum absolute atomic E-state index is 0.0332. The van der Waals surface area contributed by atoms with Crippen LogP contribution in [0.5, 0.6) is 11.5 Å². The number of hydrogen-bond acceptors (Lipinski definition) is 16. The first-order valence-corrected chi connectivity index (χ1v) is 30.4. The average molecular weight is 1120 g/mol. The maximum atomic E-state index is 13.0. The van der Waals surface area contributed by atoms with Crippen molar-refractivity contribution in [2.24, 2.45) is 22.7 Å². The summed E-state index contributed by atoms with van der Waals surface area (Å²) >= 11 is 0. The van der Waals surface area contributed by atoms with E-state index in [2.05, 4.69) is 131 Å². The van der Waals surface area contributed by atoms with Crippen LogP contribution in [0.1, 0.15) is 197 Å². The topological polar surface area (TPSA) is 158 Å². The van der Waals surface area contributed by atoms with Crippen molar-refractivity contribution < 1.29 is 66.6 Å². The van der Waals surface area contributed by atoms with Gasteiger partial charge in [0.15, 0.2) is 11.6 Å². The summed E-state index contributed by atoms with van der Waals surface area (Å²) in [5.74, 6) is -0.525. The molecule has 16 nitrogen and oxygen atoms in total. The van der Waals surface area contributed by atoms with E-state index in [1.165, 1.54) is 0 Å². The van der Waals surface area contributed by atoms with Gasteiger partial charge in [-0.3, -0.25) is 19.3 Å². The van der Waals surface area contributed by atoms with E-state index in [0.717, 1.165) is 74.4 Å². The second-order valence-electron chi connectivity index (χ2n) is 26.3. The molecule has 6 heterocycles. The number of esters is 2. The number of piperidine rings is 2. The number of carbonyl (C=O) groups excluding carboxylic acids is 2. The van der Waals surface area contributed by atoms with Crippen LogP contribution in [-0.2, 0) is 57.2 Å². The Morgan fingerprint density at radius 3 is 1.18 bits per heavy atom. The van der Waals surface area contributed by atoms with Gasteiger partial charge in [-0.2, -0.15) is 10.1 Å².